The van der Waals surface area contributed by atoms with Crippen LogP contribution < -0.4 is 4.74 Å². The minimum Gasteiger partial charge on any atom is -0.488 e. The number of nitrogens with zero attached hydrogens (tertiary/aromatic N) is 4. The molecule has 11 heteroatoms. The highest BCUT2D eigenvalue weighted by Gasteiger charge is 2.41. The van der Waals surface area contributed by atoms with Crippen LogP contribution in [0.3, 0.4) is 0 Å². The Hall–Kier alpha value is -4.67. The molecule has 0 spiro atoms. The summed E-state index contributed by atoms with van der Waals surface area (Å²) in [5.41, 5.74) is 1.84. The molecule has 2 aromatic heterocycles. The Morgan fingerprint density at radius 2 is 1.79 bits per heavy atom. The molecule has 0 atom stereocenters. The molecular formula is C31H29F3N4O4. The van der Waals surface area contributed by atoms with Crippen molar-refractivity contribution in [1.82, 2.24) is 19.7 Å². The third-order valence-electron chi connectivity index (χ3n) is 7.54. The fourth-order valence-corrected chi connectivity index (χ4v) is 5.26. The molecule has 0 unspecified atom stereocenters. The second-order valence-corrected chi connectivity index (χ2v) is 10.3. The van der Waals surface area contributed by atoms with Crippen LogP contribution in [0.2, 0.25) is 0 Å². The molecule has 0 bridgehead atoms. The second kappa shape index (κ2) is 11.7. The number of pyridine rings is 1. The van der Waals surface area contributed by atoms with Gasteiger partial charge in [0.1, 0.15) is 17.9 Å². The molecule has 1 aliphatic heterocycles. The maximum atomic E-state index is 13.8. The fourth-order valence-electron chi connectivity index (χ4n) is 5.26. The van der Waals surface area contributed by atoms with Gasteiger partial charge in [0.05, 0.1) is 11.9 Å². The van der Waals surface area contributed by atoms with E-state index in [1.54, 1.807) is 37.3 Å². The van der Waals surface area contributed by atoms with Crippen LogP contribution in [0.5, 0.6) is 5.75 Å². The number of carboxylic acid groups (broad SMARTS) is 1. The van der Waals surface area contributed by atoms with Gasteiger partial charge in [-0.15, -0.1) is 0 Å². The summed E-state index contributed by atoms with van der Waals surface area (Å²) in [4.78, 5) is 29.3. The molecule has 218 valence electrons. The first-order valence-electron chi connectivity index (χ1n) is 13.5. The molecule has 42 heavy (non-hydrogen) atoms. The molecule has 1 fully saturated rings. The smallest absolute Gasteiger partial charge is 0.434 e. The lowest BCUT2D eigenvalue weighted by Gasteiger charge is -2.31. The van der Waals surface area contributed by atoms with Crippen molar-refractivity contribution >= 4 is 11.9 Å². The number of aryl methyl sites for hydroxylation is 1. The Balaban J connectivity index is 1.36. The lowest BCUT2D eigenvalue weighted by Crippen LogP contribution is -2.36. The number of hydrogen-bond donors (Lipinski definition) is 1. The second-order valence-electron chi connectivity index (χ2n) is 10.3. The molecule has 2 aromatic carbocycles. The van der Waals surface area contributed by atoms with Gasteiger partial charge in [-0.1, -0.05) is 36.4 Å². The van der Waals surface area contributed by atoms with Gasteiger partial charge in [0.15, 0.2) is 11.5 Å². The lowest BCUT2D eigenvalue weighted by atomic mass is 9.88. The molecule has 3 heterocycles. The van der Waals surface area contributed by atoms with Gasteiger partial charge in [0.25, 0.3) is 0 Å². The van der Waals surface area contributed by atoms with Crippen molar-refractivity contribution in [3.05, 3.63) is 94.8 Å². The minimum atomic E-state index is -4.96. The molecule has 0 radical (unpaired) electrons. The topological polar surface area (TPSA) is 97.6 Å². The van der Waals surface area contributed by atoms with Crippen molar-refractivity contribution in [3.8, 4) is 22.8 Å². The average Bonchev–Trinajstić information content (AvgIpc) is 3.44. The van der Waals surface area contributed by atoms with E-state index >= 15 is 0 Å². The van der Waals surface area contributed by atoms with E-state index < -0.39 is 23.4 Å². The maximum absolute atomic E-state index is 13.8. The monoisotopic (exact) mass is 578 g/mol. The summed E-state index contributed by atoms with van der Waals surface area (Å²) in [5.74, 6) is -0.912. The summed E-state index contributed by atoms with van der Waals surface area (Å²) in [6, 6.07) is 17.9. The number of aromatic carboxylic acids is 1. The molecule has 0 saturated carbocycles. The quantitative estimate of drug-likeness (QED) is 0.278. The molecule has 4 aromatic rings. The number of carbonyl (C=O) groups excluding carboxylic acids is 1. The number of piperidine rings is 1. The third kappa shape index (κ3) is 6.00. The van der Waals surface area contributed by atoms with Crippen LogP contribution in [0.15, 0.2) is 66.9 Å². The average molecular weight is 579 g/mol. The number of hydrogen-bond acceptors (Lipinski definition) is 5. The van der Waals surface area contributed by atoms with Crippen molar-refractivity contribution in [2.24, 2.45) is 0 Å². The van der Waals surface area contributed by atoms with Crippen molar-refractivity contribution < 1.29 is 32.6 Å². The van der Waals surface area contributed by atoms with Gasteiger partial charge in [-0.3, -0.25) is 4.79 Å². The predicted molar refractivity (Wildman–Crippen MR) is 148 cm³/mol. The van der Waals surface area contributed by atoms with Gasteiger partial charge in [-0.2, -0.15) is 18.3 Å². The van der Waals surface area contributed by atoms with E-state index in [1.807, 2.05) is 17.9 Å². The normalized spacial score (nSPS) is 14.2. The van der Waals surface area contributed by atoms with Crippen LogP contribution in [0.4, 0.5) is 13.2 Å². The number of carboxylic acids is 1. The van der Waals surface area contributed by atoms with Crippen molar-refractivity contribution in [3.63, 3.8) is 0 Å². The summed E-state index contributed by atoms with van der Waals surface area (Å²) < 4.78 is 47.9. The number of halogens is 3. The largest absolute Gasteiger partial charge is 0.488 e. The number of amides is 1. The minimum absolute atomic E-state index is 0.110. The van der Waals surface area contributed by atoms with Gasteiger partial charge in [0.2, 0.25) is 5.91 Å². The van der Waals surface area contributed by atoms with Crippen LogP contribution in [0, 0.1) is 6.92 Å². The molecule has 5 rings (SSSR count). The molecule has 1 aliphatic rings. The Bertz CT molecular complexity index is 1620. The molecule has 0 aliphatic carbocycles. The zero-order valence-electron chi connectivity index (χ0n) is 23.1. The number of alkyl halides is 3. The Morgan fingerprint density at radius 1 is 1.05 bits per heavy atom. The van der Waals surface area contributed by atoms with Gasteiger partial charge in [-0.05, 0) is 66.6 Å². The number of aromatic nitrogens is 3. The molecule has 1 amide bonds. The number of ether oxygens (including phenoxy) is 1. The molecule has 1 N–H and O–H groups in total. The van der Waals surface area contributed by atoms with Crippen LogP contribution >= 0.6 is 0 Å². The van der Waals surface area contributed by atoms with Crippen molar-refractivity contribution in [1.29, 1.82) is 0 Å². The van der Waals surface area contributed by atoms with Crippen LogP contribution in [-0.4, -0.2) is 49.7 Å². The van der Waals surface area contributed by atoms with Gasteiger partial charge in [0, 0.05) is 25.6 Å². The van der Waals surface area contributed by atoms with E-state index in [9.17, 15) is 27.9 Å². The highest BCUT2D eigenvalue weighted by atomic mass is 19.4. The number of rotatable bonds is 7. The zero-order valence-corrected chi connectivity index (χ0v) is 23.1. The lowest BCUT2D eigenvalue weighted by molar-refractivity contribution is -0.143. The predicted octanol–water partition coefficient (Wildman–Crippen LogP) is 6.26. The van der Waals surface area contributed by atoms with Gasteiger partial charge < -0.3 is 14.7 Å². The van der Waals surface area contributed by atoms with E-state index in [-0.39, 0.29) is 18.3 Å². The Morgan fingerprint density at radius 3 is 2.45 bits per heavy atom. The Kier molecular flexibility index (Phi) is 8.02. The van der Waals surface area contributed by atoms with E-state index in [0.717, 1.165) is 37.1 Å². The zero-order chi connectivity index (χ0) is 30.0. The number of carbonyl (C=O) groups is 2. The van der Waals surface area contributed by atoms with Crippen LogP contribution in [0.25, 0.3) is 17.1 Å². The first-order chi connectivity index (χ1) is 20.0. The standard InChI is InChI=1S/C31H29F3N4O4/c1-19-16-22(21-12-14-37(15-13-21)20(2)39)10-11-23(19)18-42-27-8-4-3-6-24(27)26-7-5-9-28(36-26)38-29(31(32,33)34)25(17-35-38)30(40)41/h3-11,16-17,21H,12-15,18H2,1-2H3,(H,40,41). The van der Waals surface area contributed by atoms with Crippen molar-refractivity contribution in [2.45, 2.75) is 45.4 Å². The maximum Gasteiger partial charge on any atom is 0.434 e. The van der Waals surface area contributed by atoms with Gasteiger partial charge in [-0.25, -0.2) is 14.5 Å². The summed E-state index contributed by atoms with van der Waals surface area (Å²) >= 11 is 0. The summed E-state index contributed by atoms with van der Waals surface area (Å²) in [5, 5.41) is 12.9. The van der Waals surface area contributed by atoms with Crippen LogP contribution in [-0.2, 0) is 17.6 Å². The molecular weight excluding hydrogens is 549 g/mol. The highest BCUT2D eigenvalue weighted by molar-refractivity contribution is 5.89. The van der Waals surface area contributed by atoms with E-state index in [1.165, 1.54) is 17.7 Å². The number of para-hydroxylation sites is 1. The van der Waals surface area contributed by atoms with Gasteiger partial charge >= 0.3 is 12.1 Å². The Labute approximate surface area is 240 Å². The van der Waals surface area contributed by atoms with E-state index in [4.69, 9.17) is 4.74 Å². The fraction of sp³-hybridized carbons (Fsp3) is 0.290. The van der Waals surface area contributed by atoms with E-state index in [0.29, 0.717) is 33.8 Å². The molecule has 8 nitrogen and oxygen atoms in total. The third-order valence-corrected chi connectivity index (χ3v) is 7.54. The number of benzene rings is 2. The van der Waals surface area contributed by atoms with Crippen LogP contribution in [0.1, 0.15) is 58.4 Å². The molecule has 1 saturated heterocycles. The highest BCUT2D eigenvalue weighted by Crippen LogP contribution is 2.35. The summed E-state index contributed by atoms with van der Waals surface area (Å²) in [7, 11) is 0. The summed E-state index contributed by atoms with van der Waals surface area (Å²) in [6.07, 6.45) is -2.44. The summed E-state index contributed by atoms with van der Waals surface area (Å²) in [6.45, 7) is 5.41. The first kappa shape index (κ1) is 28.8. The van der Waals surface area contributed by atoms with E-state index in [2.05, 4.69) is 22.2 Å². The SMILES string of the molecule is CC(=O)N1CCC(c2ccc(COc3ccccc3-c3cccc(-n4ncc(C(=O)O)c4C(F)(F)F)n3)c(C)c2)CC1. The first-order valence-corrected chi connectivity index (χ1v) is 13.5. The number of likely N-dealkylation sites (tertiary alicyclic amines) is 1. The van der Waals surface area contributed by atoms with Crippen molar-refractivity contribution in [2.75, 3.05) is 13.1 Å².